The highest BCUT2D eigenvalue weighted by Gasteiger charge is 2.16. The Balaban J connectivity index is 1.87. The van der Waals surface area contributed by atoms with Crippen LogP contribution in [0.5, 0.6) is 0 Å². The summed E-state index contributed by atoms with van der Waals surface area (Å²) in [6.07, 6.45) is 2.89. The molecule has 0 saturated carbocycles. The Morgan fingerprint density at radius 1 is 1.20 bits per heavy atom. The number of anilines is 1. The van der Waals surface area contributed by atoms with Crippen molar-refractivity contribution < 1.29 is 14.3 Å². The second kappa shape index (κ2) is 9.04. The number of ether oxygens (including phenoxy) is 1. The molecule has 25 heavy (non-hydrogen) atoms. The highest BCUT2D eigenvalue weighted by atomic mass is 35.5. The SMILES string of the molecule is CCc1ccc(NC(=O)C(C)OC(=O)/C=C/c2cccc(Cl)c2)cc1. The minimum absolute atomic E-state index is 0.381. The van der Waals surface area contributed by atoms with Gasteiger partial charge in [-0.25, -0.2) is 4.79 Å². The second-order valence-electron chi connectivity index (χ2n) is 5.51. The average Bonchev–Trinajstić information content (AvgIpc) is 2.60. The second-order valence-corrected chi connectivity index (χ2v) is 5.94. The number of carbonyl (C=O) groups excluding carboxylic acids is 2. The van der Waals surface area contributed by atoms with E-state index >= 15 is 0 Å². The molecule has 4 nitrogen and oxygen atoms in total. The van der Waals surface area contributed by atoms with Crippen molar-refractivity contribution in [2.45, 2.75) is 26.4 Å². The van der Waals surface area contributed by atoms with Crippen LogP contribution in [0.15, 0.2) is 54.6 Å². The number of hydrogen-bond donors (Lipinski definition) is 1. The highest BCUT2D eigenvalue weighted by molar-refractivity contribution is 6.30. The Morgan fingerprint density at radius 3 is 2.56 bits per heavy atom. The fraction of sp³-hybridized carbons (Fsp3) is 0.200. The normalized spacial score (nSPS) is 12.0. The van der Waals surface area contributed by atoms with E-state index in [1.807, 2.05) is 30.3 Å². The van der Waals surface area contributed by atoms with Gasteiger partial charge in [0.2, 0.25) is 0 Å². The number of carbonyl (C=O) groups is 2. The fourth-order valence-corrected chi connectivity index (χ4v) is 2.31. The van der Waals surface area contributed by atoms with Gasteiger partial charge in [-0.15, -0.1) is 0 Å². The molecule has 1 amide bonds. The van der Waals surface area contributed by atoms with Gasteiger partial charge in [0, 0.05) is 16.8 Å². The van der Waals surface area contributed by atoms with Crippen LogP contribution in [0, 0.1) is 0 Å². The smallest absolute Gasteiger partial charge is 0.331 e. The number of hydrogen-bond acceptors (Lipinski definition) is 3. The van der Waals surface area contributed by atoms with Gasteiger partial charge < -0.3 is 10.1 Å². The van der Waals surface area contributed by atoms with Crippen molar-refractivity contribution in [3.63, 3.8) is 0 Å². The Kier molecular flexibility index (Phi) is 6.78. The maximum atomic E-state index is 12.1. The molecule has 1 N–H and O–H groups in total. The van der Waals surface area contributed by atoms with E-state index in [4.69, 9.17) is 16.3 Å². The summed E-state index contributed by atoms with van der Waals surface area (Å²) in [5.41, 5.74) is 2.63. The summed E-state index contributed by atoms with van der Waals surface area (Å²) in [7, 11) is 0. The number of amides is 1. The van der Waals surface area contributed by atoms with Gasteiger partial charge in [0.1, 0.15) is 0 Å². The van der Waals surface area contributed by atoms with Gasteiger partial charge >= 0.3 is 5.97 Å². The van der Waals surface area contributed by atoms with E-state index < -0.39 is 12.1 Å². The first-order chi connectivity index (χ1) is 12.0. The van der Waals surface area contributed by atoms with Crippen molar-refractivity contribution in [1.82, 2.24) is 0 Å². The Hall–Kier alpha value is -2.59. The van der Waals surface area contributed by atoms with Gasteiger partial charge in [-0.1, -0.05) is 42.8 Å². The number of benzene rings is 2. The molecule has 2 aromatic carbocycles. The molecule has 1 atom stereocenters. The molecule has 0 aliphatic carbocycles. The van der Waals surface area contributed by atoms with Crippen LogP contribution < -0.4 is 5.32 Å². The first kappa shape index (κ1) is 18.7. The Labute approximate surface area is 152 Å². The maximum Gasteiger partial charge on any atom is 0.331 e. The molecule has 0 radical (unpaired) electrons. The van der Waals surface area contributed by atoms with E-state index in [2.05, 4.69) is 12.2 Å². The lowest BCUT2D eigenvalue weighted by Gasteiger charge is -2.12. The number of rotatable bonds is 6. The van der Waals surface area contributed by atoms with E-state index in [1.54, 1.807) is 24.3 Å². The molecule has 0 spiro atoms. The molecular weight excluding hydrogens is 338 g/mol. The minimum atomic E-state index is -0.901. The lowest BCUT2D eigenvalue weighted by atomic mass is 10.1. The van der Waals surface area contributed by atoms with Crippen LogP contribution in [0.1, 0.15) is 25.0 Å². The third-order valence-electron chi connectivity index (χ3n) is 3.55. The molecule has 0 aliphatic rings. The van der Waals surface area contributed by atoms with Gasteiger partial charge in [0.05, 0.1) is 0 Å². The molecule has 1 unspecified atom stereocenters. The van der Waals surface area contributed by atoms with Crippen molar-refractivity contribution >= 4 is 35.2 Å². The zero-order valence-corrected chi connectivity index (χ0v) is 14.9. The monoisotopic (exact) mass is 357 g/mol. The van der Waals surface area contributed by atoms with Crippen LogP contribution in [0.3, 0.4) is 0 Å². The van der Waals surface area contributed by atoms with Gasteiger partial charge in [-0.3, -0.25) is 4.79 Å². The minimum Gasteiger partial charge on any atom is -0.449 e. The largest absolute Gasteiger partial charge is 0.449 e. The molecule has 0 bridgehead atoms. The van der Waals surface area contributed by atoms with E-state index in [1.165, 1.54) is 18.6 Å². The van der Waals surface area contributed by atoms with Gasteiger partial charge in [0.25, 0.3) is 5.91 Å². The summed E-state index contributed by atoms with van der Waals surface area (Å²) in [6.45, 7) is 3.59. The summed E-state index contributed by atoms with van der Waals surface area (Å²) in [5, 5.41) is 3.30. The molecule has 5 heteroatoms. The van der Waals surface area contributed by atoms with Gasteiger partial charge in [-0.05, 0) is 54.8 Å². The summed E-state index contributed by atoms with van der Waals surface area (Å²) in [4.78, 5) is 23.9. The topological polar surface area (TPSA) is 55.4 Å². The van der Waals surface area contributed by atoms with E-state index in [-0.39, 0.29) is 5.91 Å². The van der Waals surface area contributed by atoms with E-state index in [0.29, 0.717) is 10.7 Å². The number of nitrogens with one attached hydrogen (secondary N) is 1. The van der Waals surface area contributed by atoms with Crippen LogP contribution in [0.2, 0.25) is 5.02 Å². The van der Waals surface area contributed by atoms with Crippen molar-refractivity contribution in [1.29, 1.82) is 0 Å². The quantitative estimate of drug-likeness (QED) is 0.612. The zero-order valence-electron chi connectivity index (χ0n) is 14.2. The third kappa shape index (κ3) is 6.08. The molecule has 2 aromatic rings. The number of esters is 1. The van der Waals surface area contributed by atoms with E-state index in [0.717, 1.165) is 12.0 Å². The summed E-state index contributed by atoms with van der Waals surface area (Å²) in [6, 6.07) is 14.6. The zero-order chi connectivity index (χ0) is 18.2. The van der Waals surface area contributed by atoms with Crippen LogP contribution in [0.4, 0.5) is 5.69 Å². The lowest BCUT2D eigenvalue weighted by Crippen LogP contribution is -2.29. The predicted octanol–water partition coefficient (Wildman–Crippen LogP) is 4.49. The first-order valence-electron chi connectivity index (χ1n) is 8.02. The average molecular weight is 358 g/mol. The van der Waals surface area contributed by atoms with Gasteiger partial charge in [-0.2, -0.15) is 0 Å². The van der Waals surface area contributed by atoms with Crippen LogP contribution in [-0.2, 0) is 20.7 Å². The maximum absolute atomic E-state index is 12.1. The molecule has 2 rings (SSSR count). The molecule has 0 heterocycles. The fourth-order valence-electron chi connectivity index (χ4n) is 2.11. The number of aryl methyl sites for hydroxylation is 1. The van der Waals surface area contributed by atoms with Crippen molar-refractivity contribution in [3.05, 3.63) is 70.8 Å². The molecule has 0 saturated heterocycles. The van der Waals surface area contributed by atoms with E-state index in [9.17, 15) is 9.59 Å². The summed E-state index contributed by atoms with van der Waals surface area (Å²) >= 11 is 5.88. The van der Waals surface area contributed by atoms with Crippen molar-refractivity contribution in [3.8, 4) is 0 Å². The van der Waals surface area contributed by atoms with Crippen molar-refractivity contribution in [2.24, 2.45) is 0 Å². The molecule has 130 valence electrons. The standard InChI is InChI=1S/C20H20ClNO3/c1-3-15-7-10-18(11-8-15)22-20(24)14(2)25-19(23)12-9-16-5-4-6-17(21)13-16/h4-14H,3H2,1-2H3,(H,22,24)/b12-9+. The summed E-state index contributed by atoms with van der Waals surface area (Å²) < 4.78 is 5.11. The molecular formula is C20H20ClNO3. The van der Waals surface area contributed by atoms with Crippen LogP contribution in [0.25, 0.3) is 6.08 Å². The molecule has 0 aromatic heterocycles. The molecule has 0 aliphatic heterocycles. The predicted molar refractivity (Wildman–Crippen MR) is 100 cm³/mol. The third-order valence-corrected chi connectivity index (χ3v) is 3.79. The Bertz CT molecular complexity index is 769. The first-order valence-corrected chi connectivity index (χ1v) is 8.40. The van der Waals surface area contributed by atoms with Crippen LogP contribution >= 0.6 is 11.6 Å². The van der Waals surface area contributed by atoms with Crippen molar-refractivity contribution in [2.75, 3.05) is 5.32 Å². The number of halogens is 1. The molecule has 0 fully saturated rings. The summed E-state index contributed by atoms with van der Waals surface area (Å²) in [5.74, 6) is -0.974. The highest BCUT2D eigenvalue weighted by Crippen LogP contribution is 2.13. The van der Waals surface area contributed by atoms with Crippen LogP contribution in [-0.4, -0.2) is 18.0 Å². The van der Waals surface area contributed by atoms with Gasteiger partial charge in [0.15, 0.2) is 6.10 Å². The lowest BCUT2D eigenvalue weighted by molar-refractivity contribution is -0.148. The Morgan fingerprint density at radius 2 is 1.92 bits per heavy atom.